The number of ether oxygens (including phenoxy) is 1. The van der Waals surface area contributed by atoms with E-state index < -0.39 is 11.4 Å². The van der Waals surface area contributed by atoms with Crippen molar-refractivity contribution in [1.29, 1.82) is 0 Å². The number of benzene rings is 3. The molecule has 1 aliphatic rings. The summed E-state index contributed by atoms with van der Waals surface area (Å²) in [6, 6.07) is 31.8. The van der Waals surface area contributed by atoms with Gasteiger partial charge < -0.3 is 14.4 Å². The SMILES string of the molecule is Cc1noc(-c2ccc(-c3ccc(C4(C(=O)O)CC4)cc3)cc2)c1Cc1cccc(OCc2ccccc2)n1. The van der Waals surface area contributed by atoms with E-state index in [2.05, 4.69) is 5.16 Å². The van der Waals surface area contributed by atoms with Crippen molar-refractivity contribution in [1.82, 2.24) is 10.1 Å². The molecule has 1 aliphatic carbocycles. The number of hydrogen-bond donors (Lipinski definition) is 1. The highest BCUT2D eigenvalue weighted by Gasteiger charge is 2.51. The van der Waals surface area contributed by atoms with Gasteiger partial charge in [-0.3, -0.25) is 4.79 Å². The van der Waals surface area contributed by atoms with Crippen molar-refractivity contribution in [2.45, 2.75) is 38.2 Å². The Balaban J connectivity index is 1.18. The number of carboxylic acids is 1. The van der Waals surface area contributed by atoms with E-state index in [1.807, 2.05) is 104 Å². The van der Waals surface area contributed by atoms with E-state index in [1.54, 1.807) is 0 Å². The molecule has 1 saturated carbocycles. The highest BCUT2D eigenvalue weighted by atomic mass is 16.5. The maximum atomic E-state index is 11.6. The molecule has 6 nitrogen and oxygen atoms in total. The Morgan fingerprint density at radius 1 is 0.872 bits per heavy atom. The summed E-state index contributed by atoms with van der Waals surface area (Å²) < 4.78 is 11.7. The van der Waals surface area contributed by atoms with Crippen LogP contribution in [-0.2, 0) is 23.2 Å². The molecular formula is C33H28N2O4. The highest BCUT2D eigenvalue weighted by Crippen LogP contribution is 2.48. The molecule has 0 spiro atoms. The van der Waals surface area contributed by atoms with E-state index in [9.17, 15) is 9.90 Å². The van der Waals surface area contributed by atoms with E-state index >= 15 is 0 Å². The second-order valence-corrected chi connectivity index (χ2v) is 10.0. The number of aliphatic carboxylic acids is 1. The van der Waals surface area contributed by atoms with Gasteiger partial charge in [0.05, 0.1) is 11.1 Å². The maximum Gasteiger partial charge on any atom is 0.314 e. The molecule has 1 N–H and O–H groups in total. The first-order valence-electron chi connectivity index (χ1n) is 13.0. The third-order valence-corrected chi connectivity index (χ3v) is 7.43. The molecule has 0 amide bonds. The van der Waals surface area contributed by atoms with Gasteiger partial charge in [-0.15, -0.1) is 0 Å². The van der Waals surface area contributed by atoms with Crippen LogP contribution in [-0.4, -0.2) is 21.2 Å². The molecule has 0 saturated heterocycles. The molecule has 1 fully saturated rings. The standard InChI is InChI=1S/C33H28N2O4/c1-22-29(20-28-8-5-9-30(34-28)38-21-23-6-3-2-4-7-23)31(39-35-22)26-12-10-24(11-13-26)25-14-16-27(17-15-25)33(18-19-33)32(36)37/h2-17H,18-21H2,1H3,(H,36,37). The van der Waals surface area contributed by atoms with E-state index in [1.165, 1.54) is 0 Å². The number of aryl methyl sites for hydroxylation is 1. The third-order valence-electron chi connectivity index (χ3n) is 7.43. The Kier molecular flexibility index (Phi) is 6.45. The second kappa shape index (κ2) is 10.2. The lowest BCUT2D eigenvalue weighted by Crippen LogP contribution is -2.19. The largest absolute Gasteiger partial charge is 0.481 e. The van der Waals surface area contributed by atoms with Crippen molar-refractivity contribution in [2.24, 2.45) is 0 Å². The molecule has 6 heteroatoms. The van der Waals surface area contributed by atoms with Gasteiger partial charge in [-0.2, -0.15) is 0 Å². The van der Waals surface area contributed by atoms with Gasteiger partial charge >= 0.3 is 5.97 Å². The average Bonchev–Trinajstić information content (AvgIpc) is 3.72. The number of carbonyl (C=O) groups is 1. The van der Waals surface area contributed by atoms with Crippen molar-refractivity contribution in [3.8, 4) is 28.3 Å². The first-order valence-corrected chi connectivity index (χ1v) is 13.0. The minimum absolute atomic E-state index is 0.463. The van der Waals surface area contributed by atoms with Crippen LogP contribution in [0, 0.1) is 6.92 Å². The predicted octanol–water partition coefficient (Wildman–Crippen LogP) is 7.00. The smallest absolute Gasteiger partial charge is 0.314 e. The lowest BCUT2D eigenvalue weighted by atomic mass is 9.93. The highest BCUT2D eigenvalue weighted by molar-refractivity contribution is 5.85. The maximum absolute atomic E-state index is 11.6. The summed E-state index contributed by atoms with van der Waals surface area (Å²) in [4.78, 5) is 16.3. The third kappa shape index (κ3) is 5.06. The van der Waals surface area contributed by atoms with Gasteiger partial charge in [0.25, 0.3) is 0 Å². The van der Waals surface area contributed by atoms with Crippen LogP contribution in [0.15, 0.2) is 102 Å². The van der Waals surface area contributed by atoms with Crippen molar-refractivity contribution < 1.29 is 19.2 Å². The average molecular weight is 517 g/mol. The minimum atomic E-state index is -0.737. The fourth-order valence-corrected chi connectivity index (χ4v) is 4.92. The van der Waals surface area contributed by atoms with Crippen LogP contribution >= 0.6 is 0 Å². The molecule has 39 heavy (non-hydrogen) atoms. The minimum Gasteiger partial charge on any atom is -0.481 e. The number of hydrogen-bond acceptors (Lipinski definition) is 5. The fraction of sp³-hybridized carbons (Fsp3) is 0.182. The van der Waals surface area contributed by atoms with Gasteiger partial charge in [-0.25, -0.2) is 4.98 Å². The van der Waals surface area contributed by atoms with E-state index in [4.69, 9.17) is 14.2 Å². The van der Waals surface area contributed by atoms with Crippen molar-refractivity contribution in [3.63, 3.8) is 0 Å². The molecular weight excluding hydrogens is 488 g/mol. The van der Waals surface area contributed by atoms with Gasteiger partial charge in [0.1, 0.15) is 6.61 Å². The molecule has 0 atom stereocenters. The van der Waals surface area contributed by atoms with Crippen molar-refractivity contribution >= 4 is 5.97 Å². The first kappa shape index (κ1) is 24.6. The Morgan fingerprint density at radius 2 is 1.54 bits per heavy atom. The van der Waals surface area contributed by atoms with Crippen molar-refractivity contribution in [3.05, 3.63) is 125 Å². The molecule has 0 bridgehead atoms. The summed E-state index contributed by atoms with van der Waals surface area (Å²) in [5.74, 6) is 0.571. The molecule has 0 radical (unpaired) electrons. The van der Waals surface area contributed by atoms with Crippen LogP contribution in [0.4, 0.5) is 0 Å². The zero-order valence-electron chi connectivity index (χ0n) is 21.6. The lowest BCUT2D eigenvalue weighted by molar-refractivity contribution is -0.140. The number of rotatable bonds is 9. The van der Waals surface area contributed by atoms with Crippen LogP contribution in [0.25, 0.3) is 22.5 Å². The van der Waals surface area contributed by atoms with Crippen molar-refractivity contribution in [2.75, 3.05) is 0 Å². The van der Waals surface area contributed by atoms with Gasteiger partial charge in [-0.1, -0.05) is 90.1 Å². The molecule has 2 heterocycles. The van der Waals surface area contributed by atoms with Crippen LogP contribution in [0.5, 0.6) is 5.88 Å². The zero-order valence-corrected chi connectivity index (χ0v) is 21.6. The lowest BCUT2D eigenvalue weighted by Gasteiger charge is -2.11. The van der Waals surface area contributed by atoms with E-state index in [-0.39, 0.29) is 0 Å². The number of pyridine rings is 1. The zero-order chi connectivity index (χ0) is 26.8. The summed E-state index contributed by atoms with van der Waals surface area (Å²) in [5.41, 5.74) is 6.99. The van der Waals surface area contributed by atoms with Gasteiger partial charge in [-0.05, 0) is 48.1 Å². The molecule has 3 aromatic carbocycles. The number of carboxylic acid groups (broad SMARTS) is 1. The van der Waals surface area contributed by atoms with Gasteiger partial charge in [0.15, 0.2) is 5.76 Å². The first-order chi connectivity index (χ1) is 19.0. The van der Waals surface area contributed by atoms with Crippen LogP contribution in [0.1, 0.15) is 40.9 Å². The van der Waals surface area contributed by atoms with Gasteiger partial charge in [0.2, 0.25) is 5.88 Å². The number of nitrogens with zero attached hydrogens (tertiary/aromatic N) is 2. The van der Waals surface area contributed by atoms with Crippen LogP contribution < -0.4 is 4.74 Å². The Bertz CT molecular complexity index is 1600. The summed E-state index contributed by atoms with van der Waals surface area (Å²) in [6.07, 6.45) is 1.98. The quantitative estimate of drug-likeness (QED) is 0.227. The van der Waals surface area contributed by atoms with Crippen LogP contribution in [0.2, 0.25) is 0 Å². The molecule has 6 rings (SSSR count). The molecule has 0 aliphatic heterocycles. The second-order valence-electron chi connectivity index (χ2n) is 10.0. The Hall–Kier alpha value is -4.71. The Labute approximate surface area is 226 Å². The Morgan fingerprint density at radius 3 is 2.21 bits per heavy atom. The summed E-state index contributed by atoms with van der Waals surface area (Å²) >= 11 is 0. The van der Waals surface area contributed by atoms with Gasteiger partial charge in [0, 0.05) is 29.3 Å². The fourth-order valence-electron chi connectivity index (χ4n) is 4.92. The summed E-state index contributed by atoms with van der Waals surface area (Å²) in [6.45, 7) is 2.40. The monoisotopic (exact) mass is 516 g/mol. The topological polar surface area (TPSA) is 85.5 Å². The number of aromatic nitrogens is 2. The van der Waals surface area contributed by atoms with Crippen LogP contribution in [0.3, 0.4) is 0 Å². The summed E-state index contributed by atoms with van der Waals surface area (Å²) in [5, 5.41) is 13.8. The predicted molar refractivity (Wildman–Crippen MR) is 148 cm³/mol. The van der Waals surface area contributed by atoms with E-state index in [0.29, 0.717) is 31.7 Å². The molecule has 5 aromatic rings. The summed E-state index contributed by atoms with van der Waals surface area (Å²) in [7, 11) is 0. The van der Waals surface area contributed by atoms with E-state index in [0.717, 1.165) is 50.5 Å². The normalized spacial score (nSPS) is 13.7. The molecule has 2 aromatic heterocycles. The molecule has 0 unspecified atom stereocenters. The molecule has 194 valence electrons.